The van der Waals surface area contributed by atoms with E-state index in [1.54, 1.807) is 0 Å². The molecule has 1 unspecified atom stereocenters. The number of nitrogens with one attached hydrogen (secondary N) is 1. The van der Waals surface area contributed by atoms with Gasteiger partial charge < -0.3 is 10.2 Å². The summed E-state index contributed by atoms with van der Waals surface area (Å²) in [5.41, 5.74) is 1.11. The number of anilines is 1. The van der Waals surface area contributed by atoms with Crippen molar-refractivity contribution in [3.63, 3.8) is 0 Å². The number of nitrogens with zero attached hydrogens (tertiary/aromatic N) is 1. The first kappa shape index (κ1) is 10.8. The summed E-state index contributed by atoms with van der Waals surface area (Å²) in [5, 5.41) is 4.22. The highest BCUT2D eigenvalue weighted by Crippen LogP contribution is 2.18. The Bertz CT molecular complexity index is 327. The molecule has 0 saturated carbocycles. The summed E-state index contributed by atoms with van der Waals surface area (Å²) in [7, 11) is 2.19. The smallest absolute Gasteiger partial charge is 0.0426 e. The van der Waals surface area contributed by atoms with Gasteiger partial charge in [-0.2, -0.15) is 0 Å². The third-order valence-electron chi connectivity index (χ3n) is 3.04. The predicted molar refractivity (Wildman–Crippen MR) is 65.6 cm³/mol. The van der Waals surface area contributed by atoms with E-state index in [0.29, 0.717) is 6.04 Å². The van der Waals surface area contributed by atoms with E-state index in [-0.39, 0.29) is 0 Å². The van der Waals surface area contributed by atoms with Gasteiger partial charge in [0.05, 0.1) is 0 Å². The van der Waals surface area contributed by atoms with Crippen molar-refractivity contribution < 1.29 is 0 Å². The predicted octanol–water partition coefficient (Wildman–Crippen LogP) is 2.85. The van der Waals surface area contributed by atoms with Crippen molar-refractivity contribution in [2.75, 3.05) is 25.5 Å². The Morgan fingerprint density at radius 2 is 2.40 bits per heavy atom. The lowest BCUT2D eigenvalue weighted by molar-refractivity contribution is 0.322. The van der Waals surface area contributed by atoms with Crippen LogP contribution in [-0.2, 0) is 0 Å². The van der Waals surface area contributed by atoms with Gasteiger partial charge in [0.1, 0.15) is 0 Å². The Kier molecular flexibility index (Phi) is 3.49. The normalized spacial score (nSPS) is 21.9. The van der Waals surface area contributed by atoms with Crippen LogP contribution in [0.25, 0.3) is 0 Å². The number of benzene rings is 1. The highest BCUT2D eigenvalue weighted by Gasteiger charge is 2.19. The second kappa shape index (κ2) is 4.86. The first-order valence-corrected chi connectivity index (χ1v) is 5.83. The molecule has 1 heterocycles. The molecule has 1 fully saturated rings. The molecule has 1 atom stereocenters. The Balaban J connectivity index is 1.87. The molecule has 2 rings (SSSR count). The second-order valence-corrected chi connectivity index (χ2v) is 4.60. The molecule has 15 heavy (non-hydrogen) atoms. The molecule has 0 spiro atoms. The van der Waals surface area contributed by atoms with Crippen molar-refractivity contribution in [1.29, 1.82) is 0 Å². The van der Waals surface area contributed by atoms with Crippen LogP contribution in [0.15, 0.2) is 24.3 Å². The average Bonchev–Trinajstić information content (AvgIpc) is 2.61. The molecule has 1 aromatic carbocycles. The van der Waals surface area contributed by atoms with Crippen LogP contribution in [0.5, 0.6) is 0 Å². The van der Waals surface area contributed by atoms with Crippen LogP contribution in [0, 0.1) is 0 Å². The van der Waals surface area contributed by atoms with Gasteiger partial charge in [-0.25, -0.2) is 0 Å². The molecule has 0 radical (unpaired) electrons. The molecule has 0 amide bonds. The zero-order valence-electron chi connectivity index (χ0n) is 9.04. The van der Waals surface area contributed by atoms with E-state index in [9.17, 15) is 0 Å². The van der Waals surface area contributed by atoms with Crippen LogP contribution < -0.4 is 5.32 Å². The molecule has 1 aromatic rings. The summed E-state index contributed by atoms with van der Waals surface area (Å²) in [5.74, 6) is 0. The number of halogens is 1. The fraction of sp³-hybridized carbons (Fsp3) is 0.500. The average molecular weight is 225 g/mol. The number of hydrogen-bond acceptors (Lipinski definition) is 2. The third kappa shape index (κ3) is 2.86. The van der Waals surface area contributed by atoms with Crippen molar-refractivity contribution in [2.24, 2.45) is 0 Å². The number of likely N-dealkylation sites (N-methyl/N-ethyl adjacent to an activating group) is 1. The first-order chi connectivity index (χ1) is 7.25. The topological polar surface area (TPSA) is 15.3 Å². The van der Waals surface area contributed by atoms with Gasteiger partial charge in [-0.15, -0.1) is 0 Å². The third-order valence-corrected chi connectivity index (χ3v) is 3.27. The van der Waals surface area contributed by atoms with Gasteiger partial charge in [0.25, 0.3) is 0 Å². The highest BCUT2D eigenvalue weighted by molar-refractivity contribution is 6.30. The summed E-state index contributed by atoms with van der Waals surface area (Å²) in [4.78, 5) is 2.41. The lowest BCUT2D eigenvalue weighted by Crippen LogP contribution is -2.31. The van der Waals surface area contributed by atoms with Crippen molar-refractivity contribution in [3.8, 4) is 0 Å². The minimum Gasteiger partial charge on any atom is -0.383 e. The molecule has 1 aliphatic heterocycles. The van der Waals surface area contributed by atoms with Gasteiger partial charge in [-0.1, -0.05) is 17.7 Å². The maximum atomic E-state index is 5.92. The minimum atomic E-state index is 0.670. The minimum absolute atomic E-state index is 0.670. The summed E-state index contributed by atoms with van der Waals surface area (Å²) in [6, 6.07) is 8.57. The van der Waals surface area contributed by atoms with Crippen LogP contribution in [0.4, 0.5) is 5.69 Å². The Morgan fingerprint density at radius 3 is 3.07 bits per heavy atom. The Hall–Kier alpha value is -0.730. The summed E-state index contributed by atoms with van der Waals surface area (Å²) < 4.78 is 0. The van der Waals surface area contributed by atoms with Crippen LogP contribution in [0.2, 0.25) is 5.02 Å². The van der Waals surface area contributed by atoms with E-state index < -0.39 is 0 Å². The van der Waals surface area contributed by atoms with Crippen LogP contribution in [-0.4, -0.2) is 31.1 Å². The molecule has 3 heteroatoms. The Morgan fingerprint density at radius 1 is 1.53 bits per heavy atom. The van der Waals surface area contributed by atoms with Crippen LogP contribution in [0.3, 0.4) is 0 Å². The molecule has 2 nitrogen and oxygen atoms in total. The van der Waals surface area contributed by atoms with Gasteiger partial charge in [0.2, 0.25) is 0 Å². The van der Waals surface area contributed by atoms with Gasteiger partial charge in [-0.05, 0) is 44.6 Å². The SMILES string of the molecule is CN1CCCC1CNc1cccc(Cl)c1. The molecule has 82 valence electrons. The highest BCUT2D eigenvalue weighted by atomic mass is 35.5. The van der Waals surface area contributed by atoms with Gasteiger partial charge in [0, 0.05) is 23.3 Å². The molecule has 1 saturated heterocycles. The maximum Gasteiger partial charge on any atom is 0.0426 e. The lowest BCUT2D eigenvalue weighted by Gasteiger charge is -2.20. The zero-order chi connectivity index (χ0) is 10.7. The molecule has 0 aromatic heterocycles. The molecule has 1 aliphatic rings. The van der Waals surface area contributed by atoms with Crippen molar-refractivity contribution in [2.45, 2.75) is 18.9 Å². The standard InChI is InChI=1S/C12H17ClN2/c1-15-7-3-6-12(15)9-14-11-5-2-4-10(13)8-11/h2,4-5,8,12,14H,3,6-7,9H2,1H3. The van der Waals surface area contributed by atoms with E-state index in [0.717, 1.165) is 17.3 Å². The van der Waals surface area contributed by atoms with Gasteiger partial charge in [-0.3, -0.25) is 0 Å². The number of hydrogen-bond donors (Lipinski definition) is 1. The largest absolute Gasteiger partial charge is 0.383 e. The van der Waals surface area contributed by atoms with Gasteiger partial charge in [0.15, 0.2) is 0 Å². The van der Waals surface area contributed by atoms with Crippen molar-refractivity contribution in [1.82, 2.24) is 4.90 Å². The van der Waals surface area contributed by atoms with Crippen molar-refractivity contribution >= 4 is 17.3 Å². The number of rotatable bonds is 3. The van der Waals surface area contributed by atoms with E-state index >= 15 is 0 Å². The molecule has 1 N–H and O–H groups in total. The van der Waals surface area contributed by atoms with Crippen molar-refractivity contribution in [3.05, 3.63) is 29.3 Å². The van der Waals surface area contributed by atoms with Crippen LogP contribution in [0.1, 0.15) is 12.8 Å². The lowest BCUT2D eigenvalue weighted by atomic mass is 10.2. The Labute approximate surface area is 96.2 Å². The molecular weight excluding hydrogens is 208 g/mol. The maximum absolute atomic E-state index is 5.92. The van der Waals surface area contributed by atoms with Gasteiger partial charge >= 0.3 is 0 Å². The first-order valence-electron chi connectivity index (χ1n) is 5.45. The molecule has 0 bridgehead atoms. The summed E-state index contributed by atoms with van der Waals surface area (Å²) in [6.07, 6.45) is 2.61. The van der Waals surface area contributed by atoms with Crippen LogP contribution >= 0.6 is 11.6 Å². The van der Waals surface area contributed by atoms with E-state index in [1.165, 1.54) is 19.4 Å². The summed E-state index contributed by atoms with van der Waals surface area (Å²) in [6.45, 7) is 2.23. The fourth-order valence-corrected chi connectivity index (χ4v) is 2.26. The number of likely N-dealkylation sites (tertiary alicyclic amines) is 1. The van der Waals surface area contributed by atoms with E-state index in [1.807, 2.05) is 18.2 Å². The summed E-state index contributed by atoms with van der Waals surface area (Å²) >= 11 is 5.92. The van der Waals surface area contributed by atoms with E-state index in [2.05, 4.69) is 23.3 Å². The van der Waals surface area contributed by atoms with E-state index in [4.69, 9.17) is 11.6 Å². The quantitative estimate of drug-likeness (QED) is 0.850. The zero-order valence-corrected chi connectivity index (χ0v) is 9.80. The molecular formula is C12H17ClN2. The molecule has 0 aliphatic carbocycles. The fourth-order valence-electron chi connectivity index (χ4n) is 2.07. The monoisotopic (exact) mass is 224 g/mol. The second-order valence-electron chi connectivity index (χ2n) is 4.17.